The Morgan fingerprint density at radius 1 is 1.03 bits per heavy atom. The third-order valence-corrected chi connectivity index (χ3v) is 4.81. The number of β-amino-alcohol motifs (C(OH)–C–C–N with tert-alkyl or cyclic N) is 1. The normalized spacial score (nSPS) is 19.9. The van der Waals surface area contributed by atoms with Crippen molar-refractivity contribution in [2.75, 3.05) is 6.54 Å². The first kappa shape index (κ1) is 21.0. The molecule has 1 fully saturated rings. The number of amides is 2. The average Bonchev–Trinajstić information content (AvgIpc) is 3.03. The van der Waals surface area contributed by atoms with Crippen LogP contribution in [0.3, 0.4) is 0 Å². The Hall–Kier alpha value is -2.70. The van der Waals surface area contributed by atoms with Gasteiger partial charge in [0.25, 0.3) is 0 Å². The number of rotatable bonds is 4. The predicted octanol–water partition coefficient (Wildman–Crippen LogP) is 3.26. The van der Waals surface area contributed by atoms with Crippen LogP contribution in [0.4, 0.5) is 4.79 Å². The number of likely N-dealkylation sites (tertiary alicyclic amines) is 1. The third kappa shape index (κ3) is 5.43. The number of imide groups is 1. The number of nitrogens with zero attached hydrogens (tertiary/aromatic N) is 1. The van der Waals surface area contributed by atoms with Gasteiger partial charge in [-0.2, -0.15) is 0 Å². The van der Waals surface area contributed by atoms with Gasteiger partial charge in [0, 0.05) is 6.54 Å². The van der Waals surface area contributed by atoms with Crippen molar-refractivity contribution in [2.24, 2.45) is 0 Å². The third-order valence-electron chi connectivity index (χ3n) is 4.81. The highest BCUT2D eigenvalue weighted by Gasteiger charge is 2.41. The molecule has 0 saturated carbocycles. The van der Waals surface area contributed by atoms with E-state index in [1.165, 1.54) is 0 Å². The van der Waals surface area contributed by atoms with Gasteiger partial charge in [0.2, 0.25) is 5.91 Å². The summed E-state index contributed by atoms with van der Waals surface area (Å²) in [6.45, 7) is 5.55. The molecular weight excluding hydrogens is 368 g/mol. The van der Waals surface area contributed by atoms with Crippen molar-refractivity contribution in [1.29, 1.82) is 0 Å². The van der Waals surface area contributed by atoms with Gasteiger partial charge in [0.05, 0.1) is 18.2 Å². The number of aliphatic hydroxyl groups excluding tert-OH is 1. The lowest BCUT2D eigenvalue weighted by molar-refractivity contribution is -0.125. The van der Waals surface area contributed by atoms with Crippen LogP contribution in [0.2, 0.25) is 0 Å². The molecule has 1 aliphatic heterocycles. The van der Waals surface area contributed by atoms with Crippen molar-refractivity contribution < 1.29 is 19.4 Å². The van der Waals surface area contributed by atoms with Crippen molar-refractivity contribution in [1.82, 2.24) is 10.2 Å². The van der Waals surface area contributed by atoms with Gasteiger partial charge in [0.15, 0.2) is 0 Å². The van der Waals surface area contributed by atoms with Crippen LogP contribution >= 0.6 is 0 Å². The molecule has 6 nitrogen and oxygen atoms in total. The van der Waals surface area contributed by atoms with Crippen LogP contribution < -0.4 is 5.32 Å². The molecule has 3 rings (SSSR count). The van der Waals surface area contributed by atoms with E-state index in [-0.39, 0.29) is 12.5 Å². The molecule has 1 heterocycles. The summed E-state index contributed by atoms with van der Waals surface area (Å²) in [7, 11) is 0. The smallest absolute Gasteiger partial charge is 0.414 e. The van der Waals surface area contributed by atoms with Crippen molar-refractivity contribution in [2.45, 2.75) is 51.0 Å². The van der Waals surface area contributed by atoms with Crippen LogP contribution in [-0.2, 0) is 9.53 Å². The van der Waals surface area contributed by atoms with Crippen molar-refractivity contribution in [3.05, 3.63) is 71.8 Å². The average molecular weight is 396 g/mol. The number of hydrogen-bond donors (Lipinski definition) is 2. The summed E-state index contributed by atoms with van der Waals surface area (Å²) in [5.74, 6) is -0.465. The van der Waals surface area contributed by atoms with E-state index in [4.69, 9.17) is 4.74 Å². The summed E-state index contributed by atoms with van der Waals surface area (Å²) in [5.41, 5.74) is 1.33. The molecule has 1 saturated heterocycles. The summed E-state index contributed by atoms with van der Waals surface area (Å²) >= 11 is 0. The Bertz CT molecular complexity index is 793. The second kappa shape index (κ2) is 8.76. The van der Waals surface area contributed by atoms with Gasteiger partial charge in [-0.15, -0.1) is 0 Å². The Balaban J connectivity index is 1.88. The zero-order chi connectivity index (χ0) is 21.0. The summed E-state index contributed by atoms with van der Waals surface area (Å²) in [6, 6.07) is 18.8. The largest absolute Gasteiger partial charge is 0.444 e. The van der Waals surface area contributed by atoms with E-state index in [1.807, 2.05) is 65.6 Å². The molecule has 154 valence electrons. The summed E-state index contributed by atoms with van der Waals surface area (Å²) in [6.07, 6.45) is -1.18. The molecular formula is C23H28N2O4. The van der Waals surface area contributed by atoms with Gasteiger partial charge in [-0.3, -0.25) is 15.0 Å². The molecule has 0 unspecified atom stereocenters. The minimum absolute atomic E-state index is 0.219. The molecule has 2 amide bonds. The lowest BCUT2D eigenvalue weighted by atomic mass is 9.96. The summed E-state index contributed by atoms with van der Waals surface area (Å²) in [4.78, 5) is 26.9. The quantitative estimate of drug-likeness (QED) is 0.829. The summed E-state index contributed by atoms with van der Waals surface area (Å²) in [5, 5.41) is 12.7. The fourth-order valence-electron chi connectivity index (χ4n) is 3.71. The molecule has 29 heavy (non-hydrogen) atoms. The Morgan fingerprint density at radius 3 is 2.03 bits per heavy atom. The SMILES string of the molecule is CC(C)(C)OC(=O)NC(=O)[C@H]1C[C@@H](O)CN1C(c1ccccc1)c1ccccc1. The Labute approximate surface area is 171 Å². The van der Waals surface area contributed by atoms with Crippen LogP contribution in [-0.4, -0.2) is 46.3 Å². The number of aliphatic hydroxyl groups is 1. The molecule has 2 aromatic carbocycles. The molecule has 1 aliphatic rings. The van der Waals surface area contributed by atoms with Crippen molar-refractivity contribution in [3.63, 3.8) is 0 Å². The van der Waals surface area contributed by atoms with Gasteiger partial charge < -0.3 is 9.84 Å². The lowest BCUT2D eigenvalue weighted by Gasteiger charge is -2.33. The van der Waals surface area contributed by atoms with E-state index >= 15 is 0 Å². The lowest BCUT2D eigenvalue weighted by Crippen LogP contribution is -2.48. The van der Waals surface area contributed by atoms with Gasteiger partial charge in [0.1, 0.15) is 5.60 Å². The number of hydrogen-bond acceptors (Lipinski definition) is 5. The minimum Gasteiger partial charge on any atom is -0.444 e. The van der Waals surface area contributed by atoms with Gasteiger partial charge in [-0.1, -0.05) is 60.7 Å². The number of alkyl carbamates (subject to hydrolysis) is 1. The second-order valence-electron chi connectivity index (χ2n) is 8.32. The van der Waals surface area contributed by atoms with Crippen molar-refractivity contribution in [3.8, 4) is 0 Å². The molecule has 0 aliphatic carbocycles. The topological polar surface area (TPSA) is 78.9 Å². The monoisotopic (exact) mass is 396 g/mol. The number of ether oxygens (including phenoxy) is 1. The molecule has 0 bridgehead atoms. The summed E-state index contributed by atoms with van der Waals surface area (Å²) < 4.78 is 5.21. The highest BCUT2D eigenvalue weighted by Crippen LogP contribution is 2.35. The highest BCUT2D eigenvalue weighted by atomic mass is 16.6. The predicted molar refractivity (Wildman–Crippen MR) is 110 cm³/mol. The minimum atomic E-state index is -0.778. The van der Waals surface area contributed by atoms with E-state index < -0.39 is 29.7 Å². The van der Waals surface area contributed by atoms with E-state index in [1.54, 1.807) is 20.8 Å². The maximum absolute atomic E-state index is 12.9. The van der Waals surface area contributed by atoms with E-state index in [0.717, 1.165) is 11.1 Å². The maximum atomic E-state index is 12.9. The highest BCUT2D eigenvalue weighted by molar-refractivity contribution is 5.95. The van der Waals surface area contributed by atoms with Crippen LogP contribution in [0.1, 0.15) is 44.4 Å². The van der Waals surface area contributed by atoms with Crippen LogP contribution in [0.5, 0.6) is 0 Å². The van der Waals surface area contributed by atoms with Gasteiger partial charge in [-0.05, 0) is 38.3 Å². The van der Waals surface area contributed by atoms with E-state index in [9.17, 15) is 14.7 Å². The standard InChI is InChI=1S/C23H28N2O4/c1-23(2,3)29-22(28)24-21(27)19-14-18(26)15-25(19)20(16-10-6-4-7-11-16)17-12-8-5-9-13-17/h4-13,18-20,26H,14-15H2,1-3H3,(H,24,27,28)/t18-,19-/m1/s1. The molecule has 0 radical (unpaired) electrons. The number of carbonyl (C=O) groups is 2. The van der Waals surface area contributed by atoms with Crippen LogP contribution in [0.15, 0.2) is 60.7 Å². The first-order valence-corrected chi connectivity index (χ1v) is 9.82. The molecule has 0 spiro atoms. The first-order chi connectivity index (χ1) is 13.7. The molecule has 2 N–H and O–H groups in total. The van der Waals surface area contributed by atoms with E-state index in [0.29, 0.717) is 6.54 Å². The fraction of sp³-hybridized carbons (Fsp3) is 0.391. The molecule has 2 aromatic rings. The second-order valence-corrected chi connectivity index (χ2v) is 8.32. The molecule has 6 heteroatoms. The number of carbonyl (C=O) groups excluding carboxylic acids is 2. The van der Waals surface area contributed by atoms with Crippen LogP contribution in [0.25, 0.3) is 0 Å². The van der Waals surface area contributed by atoms with Crippen LogP contribution in [0, 0.1) is 0 Å². The van der Waals surface area contributed by atoms with Gasteiger partial charge in [-0.25, -0.2) is 4.79 Å². The van der Waals surface area contributed by atoms with Crippen molar-refractivity contribution >= 4 is 12.0 Å². The Kier molecular flexibility index (Phi) is 6.35. The zero-order valence-corrected chi connectivity index (χ0v) is 17.0. The number of nitrogens with one attached hydrogen (secondary N) is 1. The van der Waals surface area contributed by atoms with Gasteiger partial charge >= 0.3 is 6.09 Å². The zero-order valence-electron chi connectivity index (χ0n) is 17.0. The molecule has 2 atom stereocenters. The van der Waals surface area contributed by atoms with E-state index in [2.05, 4.69) is 5.32 Å². The maximum Gasteiger partial charge on any atom is 0.414 e. The Morgan fingerprint density at radius 2 is 1.55 bits per heavy atom. The molecule has 0 aromatic heterocycles. The fourth-order valence-corrected chi connectivity index (χ4v) is 3.71. The number of benzene rings is 2. The first-order valence-electron chi connectivity index (χ1n) is 9.82.